The molecule has 2 nitrogen and oxygen atoms in total. The third-order valence-corrected chi connectivity index (χ3v) is 3.97. The smallest absolute Gasteiger partial charge is 0.0724 e. The molecule has 1 fully saturated rings. The summed E-state index contributed by atoms with van der Waals surface area (Å²) in [5, 5.41) is 9.93. The lowest BCUT2D eigenvalue weighted by Gasteiger charge is -2.19. The van der Waals surface area contributed by atoms with Gasteiger partial charge in [0.15, 0.2) is 0 Å². The number of aliphatic hydroxyl groups excluding tert-OH is 1. The van der Waals surface area contributed by atoms with E-state index in [0.29, 0.717) is 0 Å². The Kier molecular flexibility index (Phi) is 6.09. The second-order valence-corrected chi connectivity index (χ2v) is 5.59. The van der Waals surface area contributed by atoms with Gasteiger partial charge in [-0.2, -0.15) is 0 Å². The second kappa shape index (κ2) is 8.11. The normalized spacial score (nSPS) is 18.8. The highest BCUT2D eigenvalue weighted by atomic mass is 16.3. The van der Waals surface area contributed by atoms with Gasteiger partial charge in [-0.05, 0) is 37.3 Å². The van der Waals surface area contributed by atoms with Crippen molar-refractivity contribution >= 4 is 0 Å². The maximum absolute atomic E-state index is 9.93. The number of hydrogen-bond donors (Lipinski definition) is 1. The average molecular weight is 259 g/mol. The number of nitrogens with zero attached hydrogens (tertiary/aromatic N) is 1. The van der Waals surface area contributed by atoms with Crippen LogP contribution in [-0.4, -0.2) is 16.2 Å². The Morgan fingerprint density at radius 3 is 2.84 bits per heavy atom. The number of allylic oxidation sites excluding steroid dienone is 1. The molecule has 0 radical (unpaired) electrons. The fourth-order valence-corrected chi connectivity index (χ4v) is 2.79. The van der Waals surface area contributed by atoms with Crippen molar-refractivity contribution in [3.8, 4) is 0 Å². The predicted octanol–water partition coefficient (Wildman–Crippen LogP) is 3.90. The van der Waals surface area contributed by atoms with E-state index in [2.05, 4.69) is 11.1 Å². The van der Waals surface area contributed by atoms with Gasteiger partial charge in [-0.1, -0.05) is 50.3 Å². The molecule has 1 N–H and O–H groups in total. The number of aliphatic hydroxyl groups is 1. The number of aromatic nitrogens is 1. The van der Waals surface area contributed by atoms with Crippen molar-refractivity contribution in [1.82, 2.24) is 4.98 Å². The Morgan fingerprint density at radius 1 is 1.26 bits per heavy atom. The second-order valence-electron chi connectivity index (χ2n) is 5.59. The number of hydrogen-bond acceptors (Lipinski definition) is 2. The van der Waals surface area contributed by atoms with Gasteiger partial charge in [-0.15, -0.1) is 0 Å². The SMILES string of the molecule is OC(C=CCC1CCCCC1)CCc1ccccn1. The van der Waals surface area contributed by atoms with E-state index < -0.39 is 0 Å². The van der Waals surface area contributed by atoms with E-state index >= 15 is 0 Å². The molecule has 0 amide bonds. The lowest BCUT2D eigenvalue weighted by atomic mass is 9.87. The molecule has 0 bridgehead atoms. The van der Waals surface area contributed by atoms with Crippen LogP contribution < -0.4 is 0 Å². The molecular weight excluding hydrogens is 234 g/mol. The van der Waals surface area contributed by atoms with E-state index in [4.69, 9.17) is 0 Å². The van der Waals surface area contributed by atoms with Gasteiger partial charge in [0.2, 0.25) is 0 Å². The summed E-state index contributed by atoms with van der Waals surface area (Å²) in [5.41, 5.74) is 1.06. The molecule has 0 aliphatic heterocycles. The maximum atomic E-state index is 9.93. The van der Waals surface area contributed by atoms with E-state index in [1.165, 1.54) is 32.1 Å². The van der Waals surface area contributed by atoms with Crippen LogP contribution in [-0.2, 0) is 6.42 Å². The van der Waals surface area contributed by atoms with Crippen LogP contribution in [0.25, 0.3) is 0 Å². The topological polar surface area (TPSA) is 33.1 Å². The molecule has 2 heteroatoms. The highest BCUT2D eigenvalue weighted by Gasteiger charge is 2.11. The van der Waals surface area contributed by atoms with Gasteiger partial charge in [-0.3, -0.25) is 4.98 Å². The van der Waals surface area contributed by atoms with Gasteiger partial charge in [0.25, 0.3) is 0 Å². The third-order valence-electron chi connectivity index (χ3n) is 3.97. The van der Waals surface area contributed by atoms with Crippen LogP contribution in [0.15, 0.2) is 36.5 Å². The van der Waals surface area contributed by atoms with Gasteiger partial charge in [-0.25, -0.2) is 0 Å². The van der Waals surface area contributed by atoms with Crippen LogP contribution in [0.5, 0.6) is 0 Å². The Labute approximate surface area is 116 Å². The maximum Gasteiger partial charge on any atom is 0.0724 e. The largest absolute Gasteiger partial charge is 0.389 e. The average Bonchev–Trinajstić information content (AvgIpc) is 2.47. The summed E-state index contributed by atoms with van der Waals surface area (Å²) >= 11 is 0. The summed E-state index contributed by atoms with van der Waals surface area (Å²) in [6.45, 7) is 0. The third kappa shape index (κ3) is 5.56. The van der Waals surface area contributed by atoms with Crippen molar-refractivity contribution in [2.24, 2.45) is 5.92 Å². The lowest BCUT2D eigenvalue weighted by molar-refractivity contribution is 0.212. The highest BCUT2D eigenvalue weighted by Crippen LogP contribution is 2.26. The quantitative estimate of drug-likeness (QED) is 0.786. The fourth-order valence-electron chi connectivity index (χ4n) is 2.79. The van der Waals surface area contributed by atoms with Crippen LogP contribution in [0.1, 0.15) is 50.6 Å². The first-order valence-electron chi connectivity index (χ1n) is 7.59. The molecule has 0 saturated heterocycles. The molecule has 1 aliphatic carbocycles. The van der Waals surface area contributed by atoms with Crippen molar-refractivity contribution in [2.45, 2.75) is 57.5 Å². The molecule has 1 aromatic rings. The van der Waals surface area contributed by atoms with Crippen LogP contribution in [0, 0.1) is 5.92 Å². The molecule has 19 heavy (non-hydrogen) atoms. The summed E-state index contributed by atoms with van der Waals surface area (Å²) in [7, 11) is 0. The highest BCUT2D eigenvalue weighted by molar-refractivity contribution is 5.04. The van der Waals surface area contributed by atoms with Gasteiger partial charge in [0.05, 0.1) is 6.10 Å². The Morgan fingerprint density at radius 2 is 2.11 bits per heavy atom. The van der Waals surface area contributed by atoms with E-state index in [1.807, 2.05) is 24.3 Å². The molecule has 0 aromatic carbocycles. The van der Waals surface area contributed by atoms with Crippen molar-refractivity contribution in [3.63, 3.8) is 0 Å². The van der Waals surface area contributed by atoms with Crippen molar-refractivity contribution in [1.29, 1.82) is 0 Å². The number of pyridine rings is 1. The molecule has 1 aliphatic rings. The number of rotatable bonds is 6. The van der Waals surface area contributed by atoms with Crippen LogP contribution in [0.3, 0.4) is 0 Å². The molecule has 1 heterocycles. The Hall–Kier alpha value is -1.15. The van der Waals surface area contributed by atoms with E-state index in [1.54, 1.807) is 6.20 Å². The van der Waals surface area contributed by atoms with Crippen LogP contribution in [0.2, 0.25) is 0 Å². The minimum Gasteiger partial charge on any atom is -0.389 e. The van der Waals surface area contributed by atoms with E-state index in [0.717, 1.165) is 30.9 Å². The van der Waals surface area contributed by atoms with Gasteiger partial charge in [0.1, 0.15) is 0 Å². The molecule has 104 valence electrons. The van der Waals surface area contributed by atoms with E-state index in [9.17, 15) is 5.11 Å². The van der Waals surface area contributed by atoms with E-state index in [-0.39, 0.29) is 6.10 Å². The van der Waals surface area contributed by atoms with Crippen molar-refractivity contribution in [2.75, 3.05) is 0 Å². The summed E-state index contributed by atoms with van der Waals surface area (Å²) in [6.07, 6.45) is 15.3. The molecule has 1 atom stereocenters. The summed E-state index contributed by atoms with van der Waals surface area (Å²) in [6, 6.07) is 5.93. The van der Waals surface area contributed by atoms with Crippen molar-refractivity contribution in [3.05, 3.63) is 42.2 Å². The molecule has 1 aromatic heterocycles. The first-order valence-corrected chi connectivity index (χ1v) is 7.59. The van der Waals surface area contributed by atoms with Gasteiger partial charge in [0, 0.05) is 11.9 Å². The van der Waals surface area contributed by atoms with Crippen LogP contribution >= 0.6 is 0 Å². The number of aryl methyl sites for hydroxylation is 1. The minimum absolute atomic E-state index is 0.328. The lowest BCUT2D eigenvalue weighted by Crippen LogP contribution is -2.07. The zero-order valence-electron chi connectivity index (χ0n) is 11.7. The monoisotopic (exact) mass is 259 g/mol. The molecule has 2 rings (SSSR count). The minimum atomic E-state index is -0.328. The first-order chi connectivity index (χ1) is 9.34. The zero-order chi connectivity index (χ0) is 13.3. The Balaban J connectivity index is 1.64. The zero-order valence-corrected chi connectivity index (χ0v) is 11.7. The molecule has 0 spiro atoms. The molecular formula is C17H25NO. The summed E-state index contributed by atoms with van der Waals surface area (Å²) in [4.78, 5) is 4.27. The summed E-state index contributed by atoms with van der Waals surface area (Å²) < 4.78 is 0. The Bertz CT molecular complexity index is 368. The first kappa shape index (κ1) is 14.3. The van der Waals surface area contributed by atoms with Gasteiger partial charge >= 0.3 is 0 Å². The fraction of sp³-hybridized carbons (Fsp3) is 0.588. The van der Waals surface area contributed by atoms with Crippen LogP contribution in [0.4, 0.5) is 0 Å². The predicted molar refractivity (Wildman–Crippen MR) is 78.9 cm³/mol. The standard InChI is InChI=1S/C17H25NO/c19-17(13-12-16-10-4-5-14-18-16)11-6-9-15-7-2-1-3-8-15/h4-6,10-11,14-15,17,19H,1-3,7-9,12-13H2. The molecule has 1 unspecified atom stereocenters. The molecule has 1 saturated carbocycles. The summed E-state index contributed by atoms with van der Waals surface area (Å²) in [5.74, 6) is 0.855. The van der Waals surface area contributed by atoms with Crippen molar-refractivity contribution < 1.29 is 5.11 Å². The van der Waals surface area contributed by atoms with Gasteiger partial charge < -0.3 is 5.11 Å².